The van der Waals surface area contributed by atoms with Crippen LogP contribution in [0.4, 0.5) is 5.69 Å². The normalized spacial score (nSPS) is 25.8. The number of Topliss-reactive ketones (excluding diaryl/α,β-unsaturated/α-hetero) is 2. The van der Waals surface area contributed by atoms with Crippen molar-refractivity contribution in [3.8, 4) is 0 Å². The highest BCUT2D eigenvalue weighted by atomic mass is 16.3. The van der Waals surface area contributed by atoms with Crippen LogP contribution in [0, 0.1) is 5.92 Å². The van der Waals surface area contributed by atoms with Gasteiger partial charge in [0.2, 0.25) is 0 Å². The maximum absolute atomic E-state index is 12.6. The van der Waals surface area contributed by atoms with Crippen molar-refractivity contribution in [3.63, 3.8) is 0 Å². The molecule has 0 saturated carbocycles. The van der Waals surface area contributed by atoms with Crippen LogP contribution >= 0.6 is 0 Å². The molecule has 0 unspecified atom stereocenters. The van der Waals surface area contributed by atoms with Crippen molar-refractivity contribution in [1.29, 1.82) is 0 Å². The number of carbonyl (C=O) groups excluding carboxylic acids is 2. The van der Waals surface area contributed by atoms with Gasteiger partial charge in [-0.05, 0) is 45.0 Å². The van der Waals surface area contributed by atoms with Crippen molar-refractivity contribution < 1.29 is 19.1 Å². The Morgan fingerprint density at radius 1 is 1.15 bits per heavy atom. The Balaban J connectivity index is 2.18. The summed E-state index contributed by atoms with van der Waals surface area (Å²) in [5.74, 6) is -1.20. The zero-order valence-electron chi connectivity index (χ0n) is 15.2. The third kappa shape index (κ3) is 3.35. The first-order valence-electron chi connectivity index (χ1n) is 8.63. The van der Waals surface area contributed by atoms with Crippen molar-refractivity contribution in [2.45, 2.75) is 38.7 Å². The number of hydrogen-bond acceptors (Lipinski definition) is 5. The Labute approximate surface area is 152 Å². The minimum atomic E-state index is -1.31. The van der Waals surface area contributed by atoms with Crippen LogP contribution < -0.4 is 5.32 Å². The van der Waals surface area contributed by atoms with E-state index in [-0.39, 0.29) is 18.0 Å². The summed E-state index contributed by atoms with van der Waals surface area (Å²) in [7, 11) is 0. The van der Waals surface area contributed by atoms with E-state index in [0.29, 0.717) is 17.0 Å². The Morgan fingerprint density at radius 3 is 2.38 bits per heavy atom. The predicted octanol–water partition coefficient (Wildman–Crippen LogP) is 3.68. The van der Waals surface area contributed by atoms with Crippen LogP contribution in [0.15, 0.2) is 64.4 Å². The molecule has 0 spiro atoms. The molecule has 1 aromatic heterocycles. The molecule has 1 aliphatic rings. The molecule has 0 aliphatic heterocycles. The van der Waals surface area contributed by atoms with Crippen LogP contribution in [0.2, 0.25) is 0 Å². The smallest absolute Gasteiger partial charge is 0.158 e. The van der Waals surface area contributed by atoms with Crippen LogP contribution in [0.25, 0.3) is 0 Å². The van der Waals surface area contributed by atoms with Crippen molar-refractivity contribution in [1.82, 2.24) is 0 Å². The van der Waals surface area contributed by atoms with E-state index in [1.54, 1.807) is 19.1 Å². The number of hydrogen-bond donors (Lipinski definition) is 2. The van der Waals surface area contributed by atoms with Crippen LogP contribution in [0.3, 0.4) is 0 Å². The molecular weight excluding hydrogens is 330 g/mol. The lowest BCUT2D eigenvalue weighted by atomic mass is 9.65. The van der Waals surface area contributed by atoms with Gasteiger partial charge in [-0.25, -0.2) is 0 Å². The summed E-state index contributed by atoms with van der Waals surface area (Å²) in [4.78, 5) is 24.9. The number of anilines is 1. The van der Waals surface area contributed by atoms with Gasteiger partial charge in [-0.1, -0.05) is 18.2 Å². The van der Waals surface area contributed by atoms with Crippen molar-refractivity contribution in [2.75, 3.05) is 5.32 Å². The highest BCUT2D eigenvalue weighted by Gasteiger charge is 2.50. The van der Waals surface area contributed by atoms with Gasteiger partial charge in [-0.3, -0.25) is 9.59 Å². The number of aliphatic hydroxyl groups is 1. The zero-order chi connectivity index (χ0) is 18.9. The molecule has 0 saturated heterocycles. The van der Waals surface area contributed by atoms with Gasteiger partial charge in [-0.15, -0.1) is 0 Å². The standard InChI is InChI=1S/C21H23NO4/c1-13(23)18-16(22-15-8-5-4-6-9-15)12-21(3,25)20(14(2)24)19(18)17-10-7-11-26-17/h4-11,19-20,22,25H,12H2,1-3H3/t19-,20+,21-/m0/s1. The highest BCUT2D eigenvalue weighted by Crippen LogP contribution is 2.47. The van der Waals surface area contributed by atoms with Crippen LogP contribution in [0.1, 0.15) is 38.9 Å². The lowest BCUT2D eigenvalue weighted by Crippen LogP contribution is -2.48. The third-order valence-electron chi connectivity index (χ3n) is 4.91. The van der Waals surface area contributed by atoms with Gasteiger partial charge >= 0.3 is 0 Å². The number of allylic oxidation sites excluding steroid dienone is 1. The second-order valence-electron chi connectivity index (χ2n) is 7.05. The number of rotatable bonds is 5. The van der Waals surface area contributed by atoms with E-state index in [1.807, 2.05) is 30.3 Å². The second kappa shape index (κ2) is 6.92. The van der Waals surface area contributed by atoms with Crippen molar-refractivity contribution in [2.24, 2.45) is 5.92 Å². The van der Waals surface area contributed by atoms with Gasteiger partial charge in [0.25, 0.3) is 0 Å². The Bertz CT molecular complexity index is 834. The Kier molecular flexibility index (Phi) is 4.83. The fourth-order valence-electron chi connectivity index (χ4n) is 3.96. The summed E-state index contributed by atoms with van der Waals surface area (Å²) in [6, 6.07) is 12.9. The number of benzene rings is 1. The van der Waals surface area contributed by atoms with E-state index >= 15 is 0 Å². The van der Waals surface area contributed by atoms with Crippen molar-refractivity contribution in [3.05, 3.63) is 65.8 Å². The molecule has 26 heavy (non-hydrogen) atoms. The summed E-state index contributed by atoms with van der Waals surface area (Å²) < 4.78 is 5.55. The van der Waals surface area contributed by atoms with Crippen molar-refractivity contribution >= 4 is 17.3 Å². The molecule has 2 aromatic rings. The maximum atomic E-state index is 12.6. The quantitative estimate of drug-likeness (QED) is 0.857. The minimum Gasteiger partial charge on any atom is -0.469 e. The monoisotopic (exact) mass is 353 g/mol. The molecule has 1 aliphatic carbocycles. The zero-order valence-corrected chi connectivity index (χ0v) is 15.2. The first-order chi connectivity index (χ1) is 12.3. The van der Waals surface area contributed by atoms with Gasteiger partial charge in [-0.2, -0.15) is 0 Å². The molecule has 5 heteroatoms. The summed E-state index contributed by atoms with van der Waals surface area (Å²) in [5, 5.41) is 14.3. The predicted molar refractivity (Wildman–Crippen MR) is 98.6 cm³/mol. The van der Waals surface area contributed by atoms with Gasteiger partial charge < -0.3 is 14.8 Å². The highest BCUT2D eigenvalue weighted by molar-refractivity contribution is 5.98. The summed E-state index contributed by atoms with van der Waals surface area (Å²) in [6.45, 7) is 4.57. The minimum absolute atomic E-state index is 0.147. The summed E-state index contributed by atoms with van der Waals surface area (Å²) >= 11 is 0. The van der Waals surface area contributed by atoms with Gasteiger partial charge in [0.05, 0.1) is 23.7 Å². The van der Waals surface area contributed by atoms with E-state index < -0.39 is 17.4 Å². The molecule has 0 radical (unpaired) electrons. The number of ketones is 2. The first-order valence-corrected chi connectivity index (χ1v) is 8.63. The molecule has 3 atom stereocenters. The van der Waals surface area contributed by atoms with E-state index in [9.17, 15) is 14.7 Å². The molecule has 1 aromatic carbocycles. The Hall–Kier alpha value is -2.66. The molecule has 1 heterocycles. The number of furan rings is 1. The van der Waals surface area contributed by atoms with Gasteiger partial charge in [0.15, 0.2) is 5.78 Å². The maximum Gasteiger partial charge on any atom is 0.158 e. The van der Waals surface area contributed by atoms with E-state index in [0.717, 1.165) is 5.69 Å². The SMILES string of the molecule is CC(=O)C1=C(Nc2ccccc2)C[C@](C)(O)[C@H](C(C)=O)[C@H]1c1ccco1. The molecule has 0 bridgehead atoms. The fourth-order valence-corrected chi connectivity index (χ4v) is 3.96. The van der Waals surface area contributed by atoms with Gasteiger partial charge in [0.1, 0.15) is 11.5 Å². The molecule has 0 fully saturated rings. The van der Waals surface area contributed by atoms with Crippen LogP contribution in [0.5, 0.6) is 0 Å². The third-order valence-corrected chi connectivity index (χ3v) is 4.91. The van der Waals surface area contributed by atoms with Gasteiger partial charge in [0, 0.05) is 23.4 Å². The average molecular weight is 353 g/mol. The number of para-hydroxylation sites is 1. The topological polar surface area (TPSA) is 79.5 Å². The Morgan fingerprint density at radius 2 is 1.85 bits per heavy atom. The fraction of sp³-hybridized carbons (Fsp3) is 0.333. The molecule has 0 amide bonds. The molecular formula is C21H23NO4. The largest absolute Gasteiger partial charge is 0.469 e. The molecule has 2 N–H and O–H groups in total. The molecule has 5 nitrogen and oxygen atoms in total. The van der Waals surface area contributed by atoms with E-state index in [4.69, 9.17) is 4.42 Å². The van der Waals surface area contributed by atoms with E-state index in [1.165, 1.54) is 20.1 Å². The van der Waals surface area contributed by atoms with Crippen LogP contribution in [-0.2, 0) is 9.59 Å². The lowest BCUT2D eigenvalue weighted by molar-refractivity contribution is -0.131. The first kappa shape index (κ1) is 18.1. The average Bonchev–Trinajstić information content (AvgIpc) is 3.07. The summed E-state index contributed by atoms with van der Waals surface area (Å²) in [5.41, 5.74) is 0.610. The molecule has 3 rings (SSSR count). The summed E-state index contributed by atoms with van der Waals surface area (Å²) in [6.07, 6.45) is 1.69. The number of nitrogens with one attached hydrogen (secondary N) is 1. The van der Waals surface area contributed by atoms with E-state index in [2.05, 4.69) is 5.32 Å². The number of carbonyl (C=O) groups is 2. The second-order valence-corrected chi connectivity index (χ2v) is 7.05. The molecule has 136 valence electrons. The lowest BCUT2D eigenvalue weighted by Gasteiger charge is -2.42. The van der Waals surface area contributed by atoms with Crippen LogP contribution in [-0.4, -0.2) is 22.3 Å².